The van der Waals surface area contributed by atoms with Crippen molar-refractivity contribution in [3.05, 3.63) is 59.1 Å². The summed E-state index contributed by atoms with van der Waals surface area (Å²) in [6.45, 7) is 1.88. The number of H-pyrrole nitrogens is 1. The Morgan fingerprint density at radius 2 is 2.08 bits per heavy atom. The summed E-state index contributed by atoms with van der Waals surface area (Å²) in [5.74, 6) is 1.68. The van der Waals surface area contributed by atoms with Gasteiger partial charge in [0.2, 0.25) is 0 Å². The summed E-state index contributed by atoms with van der Waals surface area (Å²) < 4.78 is 0. The van der Waals surface area contributed by atoms with Gasteiger partial charge in [-0.25, -0.2) is 19.9 Å². The zero-order valence-electron chi connectivity index (χ0n) is 13.7. The normalized spacial score (nSPS) is 10.7. The van der Waals surface area contributed by atoms with Gasteiger partial charge in [-0.05, 0) is 25.1 Å². The second-order valence-corrected chi connectivity index (χ2v) is 5.99. The Morgan fingerprint density at radius 1 is 1.19 bits per heavy atom. The molecule has 3 aromatic heterocycles. The van der Waals surface area contributed by atoms with E-state index in [1.807, 2.05) is 19.1 Å². The van der Waals surface area contributed by atoms with Crippen molar-refractivity contribution in [1.82, 2.24) is 24.9 Å². The summed E-state index contributed by atoms with van der Waals surface area (Å²) in [6, 6.07) is 10.9. The summed E-state index contributed by atoms with van der Waals surface area (Å²) in [5.41, 5.74) is 3.25. The van der Waals surface area contributed by atoms with Gasteiger partial charge in [0.05, 0.1) is 27.7 Å². The third-order valence-electron chi connectivity index (χ3n) is 3.82. The summed E-state index contributed by atoms with van der Waals surface area (Å²) in [4.78, 5) is 20.4. The Bertz CT molecular complexity index is 1160. The molecule has 1 aromatic carbocycles. The molecular weight excluding hydrogens is 350 g/mol. The molecule has 0 saturated heterocycles. The van der Waals surface area contributed by atoms with Crippen molar-refractivity contribution < 1.29 is 0 Å². The molecule has 0 fully saturated rings. The van der Waals surface area contributed by atoms with Crippen LogP contribution in [-0.4, -0.2) is 24.9 Å². The number of aromatic nitrogens is 5. The Kier molecular flexibility index (Phi) is 3.95. The van der Waals surface area contributed by atoms with Crippen molar-refractivity contribution in [2.45, 2.75) is 6.92 Å². The molecule has 0 radical (unpaired) electrons. The van der Waals surface area contributed by atoms with Gasteiger partial charge in [0.25, 0.3) is 0 Å². The minimum Gasteiger partial charge on any atom is -0.338 e. The van der Waals surface area contributed by atoms with Crippen LogP contribution in [0.4, 0.5) is 11.6 Å². The number of benzene rings is 1. The van der Waals surface area contributed by atoms with Crippen LogP contribution >= 0.6 is 11.6 Å². The largest absolute Gasteiger partial charge is 0.338 e. The second-order valence-electron chi connectivity index (χ2n) is 5.58. The number of anilines is 2. The quantitative estimate of drug-likeness (QED) is 0.571. The van der Waals surface area contributed by atoms with Gasteiger partial charge < -0.3 is 10.3 Å². The molecule has 0 unspecified atom stereocenters. The zero-order valence-corrected chi connectivity index (χ0v) is 14.4. The fraction of sp³-hybridized carbons (Fsp3) is 0.0556. The van der Waals surface area contributed by atoms with Crippen LogP contribution in [0.1, 0.15) is 11.3 Å². The number of hydrogen-bond donors (Lipinski definition) is 2. The van der Waals surface area contributed by atoms with Gasteiger partial charge in [0, 0.05) is 18.0 Å². The molecule has 2 N–H and O–H groups in total. The van der Waals surface area contributed by atoms with Crippen LogP contribution in [0.3, 0.4) is 0 Å². The molecule has 26 heavy (non-hydrogen) atoms. The van der Waals surface area contributed by atoms with Crippen molar-refractivity contribution in [1.29, 1.82) is 5.26 Å². The van der Waals surface area contributed by atoms with Crippen molar-refractivity contribution >= 4 is 34.3 Å². The number of nitrogens with one attached hydrogen (secondary N) is 2. The smallest absolute Gasteiger partial charge is 0.159 e. The molecule has 0 aliphatic rings. The first-order valence-corrected chi connectivity index (χ1v) is 8.13. The van der Waals surface area contributed by atoms with E-state index in [2.05, 4.69) is 36.3 Å². The number of aryl methyl sites for hydroxylation is 1. The number of halogens is 1. The first-order chi connectivity index (χ1) is 12.7. The first-order valence-electron chi connectivity index (χ1n) is 7.75. The molecular formula is C18H12ClN7. The van der Waals surface area contributed by atoms with Gasteiger partial charge in [0.1, 0.15) is 23.5 Å². The van der Waals surface area contributed by atoms with E-state index in [0.29, 0.717) is 39.1 Å². The average Bonchev–Trinajstić information content (AvgIpc) is 3.06. The van der Waals surface area contributed by atoms with E-state index < -0.39 is 0 Å². The van der Waals surface area contributed by atoms with Crippen LogP contribution in [0.25, 0.3) is 22.4 Å². The zero-order chi connectivity index (χ0) is 18.1. The molecule has 4 rings (SSSR count). The summed E-state index contributed by atoms with van der Waals surface area (Å²) in [5, 5.41) is 13.0. The molecule has 3 heterocycles. The van der Waals surface area contributed by atoms with Crippen LogP contribution in [-0.2, 0) is 0 Å². The van der Waals surface area contributed by atoms with Gasteiger partial charge in [-0.15, -0.1) is 0 Å². The lowest BCUT2D eigenvalue weighted by Crippen LogP contribution is -1.98. The van der Waals surface area contributed by atoms with E-state index in [1.165, 1.54) is 6.33 Å². The molecule has 8 heteroatoms. The van der Waals surface area contributed by atoms with E-state index in [4.69, 9.17) is 11.6 Å². The van der Waals surface area contributed by atoms with Gasteiger partial charge >= 0.3 is 0 Å². The second kappa shape index (κ2) is 6.43. The Balaban J connectivity index is 1.83. The minimum atomic E-state index is 0.449. The fourth-order valence-corrected chi connectivity index (χ4v) is 2.91. The van der Waals surface area contributed by atoms with Crippen molar-refractivity contribution in [3.8, 4) is 17.5 Å². The predicted octanol–water partition coefficient (Wildman–Crippen LogP) is 3.99. The van der Waals surface area contributed by atoms with E-state index in [9.17, 15) is 5.26 Å². The lowest BCUT2D eigenvalue weighted by Gasteiger charge is -2.05. The highest BCUT2D eigenvalue weighted by Crippen LogP contribution is 2.32. The number of hydrogen-bond acceptors (Lipinski definition) is 6. The van der Waals surface area contributed by atoms with E-state index in [0.717, 1.165) is 11.2 Å². The molecule has 0 saturated carbocycles. The van der Waals surface area contributed by atoms with Gasteiger partial charge in [-0.3, -0.25) is 0 Å². The molecule has 7 nitrogen and oxygen atoms in total. The number of nitrogens with zero attached hydrogens (tertiary/aromatic N) is 5. The Morgan fingerprint density at radius 3 is 2.88 bits per heavy atom. The maximum atomic E-state index is 9.37. The molecule has 0 amide bonds. The SMILES string of the molecule is Cc1cc(Nc2nccc3[nH]c(-c4c(Cl)cccc4C#N)nc23)ncn1. The van der Waals surface area contributed by atoms with Crippen molar-refractivity contribution in [2.24, 2.45) is 0 Å². The van der Waals surface area contributed by atoms with Crippen LogP contribution in [0.5, 0.6) is 0 Å². The highest BCUT2D eigenvalue weighted by Gasteiger charge is 2.16. The molecule has 126 valence electrons. The average molecular weight is 362 g/mol. The van der Waals surface area contributed by atoms with Crippen LogP contribution < -0.4 is 5.32 Å². The monoisotopic (exact) mass is 361 g/mol. The van der Waals surface area contributed by atoms with E-state index in [-0.39, 0.29) is 0 Å². The highest BCUT2D eigenvalue weighted by molar-refractivity contribution is 6.33. The molecule has 4 aromatic rings. The van der Waals surface area contributed by atoms with Gasteiger partial charge in [0.15, 0.2) is 5.82 Å². The lowest BCUT2D eigenvalue weighted by atomic mass is 10.1. The van der Waals surface area contributed by atoms with Gasteiger partial charge in [-0.1, -0.05) is 17.7 Å². The van der Waals surface area contributed by atoms with Gasteiger partial charge in [-0.2, -0.15) is 5.26 Å². The number of rotatable bonds is 3. The number of aromatic amines is 1. The van der Waals surface area contributed by atoms with Crippen molar-refractivity contribution in [2.75, 3.05) is 5.32 Å². The molecule has 0 aliphatic carbocycles. The number of imidazole rings is 1. The predicted molar refractivity (Wildman–Crippen MR) is 99.1 cm³/mol. The molecule has 0 atom stereocenters. The summed E-state index contributed by atoms with van der Waals surface area (Å²) >= 11 is 6.30. The van der Waals surface area contributed by atoms with E-state index in [1.54, 1.807) is 24.4 Å². The topological polar surface area (TPSA) is 103 Å². The number of pyridine rings is 1. The lowest BCUT2D eigenvalue weighted by molar-refractivity contribution is 1.10. The number of fused-ring (bicyclic) bond motifs is 1. The standard InChI is InChI=1S/C18H12ClN7/c1-10-7-14(23-9-22-10)25-18-16-13(5-6-21-18)24-17(26-16)15-11(8-20)3-2-4-12(15)19/h2-7,9H,1H3,(H,24,26)(H,21,22,23,25). The summed E-state index contributed by atoms with van der Waals surface area (Å²) in [6.07, 6.45) is 3.15. The maximum absolute atomic E-state index is 9.37. The van der Waals surface area contributed by atoms with Crippen LogP contribution in [0.2, 0.25) is 5.02 Å². The Labute approximate surface area is 153 Å². The third kappa shape index (κ3) is 2.83. The maximum Gasteiger partial charge on any atom is 0.159 e. The summed E-state index contributed by atoms with van der Waals surface area (Å²) in [7, 11) is 0. The fourth-order valence-electron chi connectivity index (χ4n) is 2.65. The molecule has 0 aliphatic heterocycles. The van der Waals surface area contributed by atoms with Crippen LogP contribution in [0.15, 0.2) is 42.9 Å². The third-order valence-corrected chi connectivity index (χ3v) is 4.14. The molecule has 0 spiro atoms. The minimum absolute atomic E-state index is 0.449. The first kappa shape index (κ1) is 16.0. The highest BCUT2D eigenvalue weighted by atomic mass is 35.5. The van der Waals surface area contributed by atoms with Crippen LogP contribution in [0, 0.1) is 18.3 Å². The molecule has 0 bridgehead atoms. The van der Waals surface area contributed by atoms with Crippen molar-refractivity contribution in [3.63, 3.8) is 0 Å². The Hall–Kier alpha value is -3.50. The van der Waals surface area contributed by atoms with E-state index >= 15 is 0 Å². The number of nitriles is 1.